The van der Waals surface area contributed by atoms with Gasteiger partial charge in [0.2, 0.25) is 0 Å². The Morgan fingerprint density at radius 1 is 1.07 bits per heavy atom. The number of nitrogens with zero attached hydrogens (tertiary/aromatic N) is 1. The SMILES string of the molecule is CC(C)CNC(=O)c1ccc2cc(OC3CCN(C(C)C)CC3)ccc2c1. The topological polar surface area (TPSA) is 41.6 Å². The molecule has 0 aliphatic carbocycles. The highest BCUT2D eigenvalue weighted by Crippen LogP contribution is 2.25. The second kappa shape index (κ2) is 8.75. The Morgan fingerprint density at radius 3 is 2.41 bits per heavy atom. The molecular weight excluding hydrogens is 336 g/mol. The lowest BCUT2D eigenvalue weighted by Crippen LogP contribution is -2.41. The quantitative estimate of drug-likeness (QED) is 0.817. The summed E-state index contributed by atoms with van der Waals surface area (Å²) in [5.41, 5.74) is 0.706. The molecule has 27 heavy (non-hydrogen) atoms. The number of likely N-dealkylation sites (tertiary alicyclic amines) is 1. The summed E-state index contributed by atoms with van der Waals surface area (Å²) in [5.74, 6) is 1.35. The van der Waals surface area contributed by atoms with E-state index >= 15 is 0 Å². The molecule has 4 heteroatoms. The van der Waals surface area contributed by atoms with Crippen molar-refractivity contribution < 1.29 is 9.53 Å². The summed E-state index contributed by atoms with van der Waals surface area (Å²) in [6, 6.07) is 12.6. The maximum Gasteiger partial charge on any atom is 0.251 e. The molecule has 0 aromatic heterocycles. The van der Waals surface area contributed by atoms with Crippen LogP contribution in [0.1, 0.15) is 50.9 Å². The second-order valence-electron chi connectivity index (χ2n) is 8.27. The van der Waals surface area contributed by atoms with E-state index in [9.17, 15) is 4.79 Å². The number of piperidine rings is 1. The number of rotatable bonds is 6. The number of carbonyl (C=O) groups is 1. The van der Waals surface area contributed by atoms with Gasteiger partial charge in [-0.3, -0.25) is 4.79 Å². The molecule has 146 valence electrons. The van der Waals surface area contributed by atoms with Crippen LogP contribution in [0.3, 0.4) is 0 Å². The van der Waals surface area contributed by atoms with Crippen LogP contribution in [0.15, 0.2) is 36.4 Å². The molecule has 1 aliphatic heterocycles. The van der Waals surface area contributed by atoms with Crippen LogP contribution in [0.2, 0.25) is 0 Å². The molecule has 2 aromatic carbocycles. The van der Waals surface area contributed by atoms with E-state index in [-0.39, 0.29) is 5.91 Å². The van der Waals surface area contributed by atoms with Crippen molar-refractivity contribution in [3.8, 4) is 5.75 Å². The highest BCUT2D eigenvalue weighted by Gasteiger charge is 2.22. The monoisotopic (exact) mass is 368 g/mol. The smallest absolute Gasteiger partial charge is 0.251 e. The number of hydrogen-bond donors (Lipinski definition) is 1. The van der Waals surface area contributed by atoms with Crippen LogP contribution in [0, 0.1) is 5.92 Å². The highest BCUT2D eigenvalue weighted by molar-refractivity contribution is 5.98. The molecule has 1 N–H and O–H groups in total. The normalized spacial score (nSPS) is 16.2. The molecule has 1 fully saturated rings. The molecule has 0 unspecified atom stereocenters. The minimum Gasteiger partial charge on any atom is -0.490 e. The third kappa shape index (κ3) is 5.23. The maximum atomic E-state index is 12.3. The van der Waals surface area contributed by atoms with Gasteiger partial charge in [0.05, 0.1) is 0 Å². The van der Waals surface area contributed by atoms with Crippen molar-refractivity contribution in [2.45, 2.75) is 52.7 Å². The zero-order valence-corrected chi connectivity index (χ0v) is 17.0. The first-order valence-corrected chi connectivity index (χ1v) is 10.1. The first-order chi connectivity index (χ1) is 12.9. The van der Waals surface area contributed by atoms with Gasteiger partial charge in [-0.05, 0) is 67.6 Å². The number of nitrogens with one attached hydrogen (secondary N) is 1. The van der Waals surface area contributed by atoms with Crippen molar-refractivity contribution in [1.29, 1.82) is 0 Å². The Labute approximate surface area is 162 Å². The lowest BCUT2D eigenvalue weighted by Gasteiger charge is -2.34. The lowest BCUT2D eigenvalue weighted by atomic mass is 10.0. The molecule has 1 heterocycles. The number of fused-ring (bicyclic) bond motifs is 1. The molecule has 0 spiro atoms. The maximum absolute atomic E-state index is 12.3. The molecule has 0 radical (unpaired) electrons. The molecule has 4 nitrogen and oxygen atoms in total. The minimum atomic E-state index is -0.0113. The second-order valence-corrected chi connectivity index (χ2v) is 8.27. The standard InChI is InChI=1S/C23H32N2O2/c1-16(2)15-24-23(26)20-6-5-19-14-22(8-7-18(19)13-20)27-21-9-11-25(12-10-21)17(3)4/h5-8,13-14,16-17,21H,9-12,15H2,1-4H3,(H,24,26). The number of carbonyl (C=O) groups excluding carboxylic acids is 1. The molecule has 3 rings (SSSR count). The summed E-state index contributed by atoms with van der Waals surface area (Å²) in [4.78, 5) is 14.8. The van der Waals surface area contributed by atoms with Gasteiger partial charge in [-0.2, -0.15) is 0 Å². The van der Waals surface area contributed by atoms with Gasteiger partial charge < -0.3 is 15.0 Å². The van der Waals surface area contributed by atoms with Gasteiger partial charge in [0, 0.05) is 31.2 Å². The number of amides is 1. The van der Waals surface area contributed by atoms with Crippen LogP contribution in [-0.2, 0) is 0 Å². The Kier molecular flexibility index (Phi) is 6.38. The van der Waals surface area contributed by atoms with Crippen LogP contribution in [-0.4, -0.2) is 42.6 Å². The van der Waals surface area contributed by atoms with Crippen LogP contribution in [0.4, 0.5) is 0 Å². The molecular formula is C23H32N2O2. The first-order valence-electron chi connectivity index (χ1n) is 10.1. The van der Waals surface area contributed by atoms with Gasteiger partial charge in [0.1, 0.15) is 11.9 Å². The van der Waals surface area contributed by atoms with Crippen molar-refractivity contribution in [1.82, 2.24) is 10.2 Å². The third-order valence-electron chi connectivity index (χ3n) is 5.25. The zero-order chi connectivity index (χ0) is 19.4. The van der Waals surface area contributed by atoms with E-state index in [1.807, 2.05) is 30.3 Å². The molecule has 1 saturated heterocycles. The van der Waals surface area contributed by atoms with Gasteiger partial charge in [-0.15, -0.1) is 0 Å². The molecule has 0 atom stereocenters. The number of benzene rings is 2. The molecule has 1 amide bonds. The van der Waals surface area contributed by atoms with Gasteiger partial charge in [-0.1, -0.05) is 26.0 Å². The Balaban J connectivity index is 1.64. The molecule has 1 aliphatic rings. The van der Waals surface area contributed by atoms with Crippen molar-refractivity contribution in [2.75, 3.05) is 19.6 Å². The number of ether oxygens (including phenoxy) is 1. The van der Waals surface area contributed by atoms with E-state index in [1.54, 1.807) is 0 Å². The average Bonchev–Trinajstić information content (AvgIpc) is 2.66. The summed E-state index contributed by atoms with van der Waals surface area (Å²) >= 11 is 0. The lowest BCUT2D eigenvalue weighted by molar-refractivity contribution is 0.0844. The van der Waals surface area contributed by atoms with Gasteiger partial charge in [0.25, 0.3) is 5.91 Å². The fraction of sp³-hybridized carbons (Fsp3) is 0.522. The predicted octanol–water partition coefficient (Wildman–Crippen LogP) is 4.48. The third-order valence-corrected chi connectivity index (χ3v) is 5.25. The summed E-state index contributed by atoms with van der Waals surface area (Å²) < 4.78 is 6.23. The first kappa shape index (κ1) is 19.7. The van der Waals surface area contributed by atoms with Crippen molar-refractivity contribution in [3.63, 3.8) is 0 Å². The van der Waals surface area contributed by atoms with Crippen molar-refractivity contribution >= 4 is 16.7 Å². The molecule has 0 saturated carbocycles. The van der Waals surface area contributed by atoms with E-state index in [1.165, 1.54) is 0 Å². The Hall–Kier alpha value is -2.07. The fourth-order valence-electron chi connectivity index (χ4n) is 3.54. The average molecular weight is 369 g/mol. The molecule has 2 aromatic rings. The largest absolute Gasteiger partial charge is 0.490 e. The number of hydrogen-bond acceptors (Lipinski definition) is 3. The van der Waals surface area contributed by atoms with Crippen LogP contribution in [0.5, 0.6) is 5.75 Å². The summed E-state index contributed by atoms with van der Waals surface area (Å²) in [6.45, 7) is 11.6. The van der Waals surface area contributed by atoms with Crippen molar-refractivity contribution in [3.05, 3.63) is 42.0 Å². The van der Waals surface area contributed by atoms with E-state index in [0.29, 0.717) is 30.2 Å². The molecule has 0 bridgehead atoms. The van der Waals surface area contributed by atoms with E-state index in [0.717, 1.165) is 42.5 Å². The van der Waals surface area contributed by atoms with E-state index in [4.69, 9.17) is 4.74 Å². The highest BCUT2D eigenvalue weighted by atomic mass is 16.5. The minimum absolute atomic E-state index is 0.0113. The zero-order valence-electron chi connectivity index (χ0n) is 17.0. The Bertz CT molecular complexity index is 777. The van der Waals surface area contributed by atoms with Gasteiger partial charge in [-0.25, -0.2) is 0 Å². The Morgan fingerprint density at radius 2 is 1.74 bits per heavy atom. The van der Waals surface area contributed by atoms with Gasteiger partial charge in [0.15, 0.2) is 0 Å². The summed E-state index contributed by atoms with van der Waals surface area (Å²) in [6.07, 6.45) is 2.44. The fourth-order valence-corrected chi connectivity index (χ4v) is 3.54. The predicted molar refractivity (Wildman–Crippen MR) is 111 cm³/mol. The van der Waals surface area contributed by atoms with E-state index in [2.05, 4.69) is 44.0 Å². The van der Waals surface area contributed by atoms with Crippen LogP contribution >= 0.6 is 0 Å². The van der Waals surface area contributed by atoms with Crippen LogP contribution < -0.4 is 10.1 Å². The van der Waals surface area contributed by atoms with Crippen LogP contribution in [0.25, 0.3) is 10.8 Å². The summed E-state index contributed by atoms with van der Waals surface area (Å²) in [5, 5.41) is 5.14. The van der Waals surface area contributed by atoms with Crippen molar-refractivity contribution in [2.24, 2.45) is 5.92 Å². The van der Waals surface area contributed by atoms with E-state index < -0.39 is 0 Å². The van der Waals surface area contributed by atoms with Gasteiger partial charge >= 0.3 is 0 Å². The summed E-state index contributed by atoms with van der Waals surface area (Å²) in [7, 11) is 0.